The van der Waals surface area contributed by atoms with Crippen LogP contribution in [-0.2, 0) is 0 Å². The maximum absolute atomic E-state index is 13.8. The van der Waals surface area contributed by atoms with Gasteiger partial charge in [0.25, 0.3) is 0 Å². The third kappa shape index (κ3) is 2.03. The number of hydrogen-bond acceptors (Lipinski definition) is 2. The minimum Gasteiger partial charge on any atom is -0.345 e. The molecule has 3 aromatic heterocycles. The molecule has 0 atom stereocenters. The first-order valence-corrected chi connectivity index (χ1v) is 8.01. The third-order valence-corrected chi connectivity index (χ3v) is 4.71. The van der Waals surface area contributed by atoms with Gasteiger partial charge in [-0.1, -0.05) is 23.7 Å². The number of nitrogens with one attached hydrogen (secondary N) is 1. The molecule has 22 heavy (non-hydrogen) atoms. The molecular weight excluding hydrogens is 319 g/mol. The maximum atomic E-state index is 13.8. The molecule has 0 aliphatic carbocycles. The van der Waals surface area contributed by atoms with Crippen molar-refractivity contribution in [2.75, 3.05) is 0 Å². The molecule has 0 fully saturated rings. The SMILES string of the molecule is Fc1cccc(-c2c[nH]c3nccc(-c4ccsc4)c23)c1Cl. The van der Waals surface area contributed by atoms with Gasteiger partial charge in [-0.2, -0.15) is 11.3 Å². The smallest absolute Gasteiger partial charge is 0.142 e. The monoisotopic (exact) mass is 328 g/mol. The number of hydrogen-bond donors (Lipinski definition) is 1. The first-order chi connectivity index (χ1) is 10.8. The summed E-state index contributed by atoms with van der Waals surface area (Å²) in [5.74, 6) is -0.422. The number of nitrogens with zero attached hydrogens (tertiary/aromatic N) is 1. The zero-order valence-electron chi connectivity index (χ0n) is 11.3. The zero-order chi connectivity index (χ0) is 15.1. The van der Waals surface area contributed by atoms with Gasteiger partial charge >= 0.3 is 0 Å². The Kier molecular flexibility index (Phi) is 3.21. The number of H-pyrrole nitrogens is 1. The number of benzene rings is 1. The first kappa shape index (κ1) is 13.5. The van der Waals surface area contributed by atoms with Gasteiger partial charge in [0.2, 0.25) is 0 Å². The Morgan fingerprint density at radius 2 is 2.00 bits per heavy atom. The van der Waals surface area contributed by atoms with E-state index in [1.54, 1.807) is 23.6 Å². The van der Waals surface area contributed by atoms with E-state index in [-0.39, 0.29) is 5.02 Å². The van der Waals surface area contributed by atoms with E-state index in [0.29, 0.717) is 5.56 Å². The molecule has 5 heteroatoms. The van der Waals surface area contributed by atoms with Gasteiger partial charge in [-0.15, -0.1) is 0 Å². The summed E-state index contributed by atoms with van der Waals surface area (Å²) in [5, 5.41) is 5.19. The molecular formula is C17H10ClFN2S. The highest BCUT2D eigenvalue weighted by molar-refractivity contribution is 7.08. The van der Waals surface area contributed by atoms with Crippen molar-refractivity contribution in [1.82, 2.24) is 9.97 Å². The number of halogens is 2. The molecule has 3 heterocycles. The summed E-state index contributed by atoms with van der Waals surface area (Å²) >= 11 is 7.79. The van der Waals surface area contributed by atoms with E-state index >= 15 is 0 Å². The summed E-state index contributed by atoms with van der Waals surface area (Å²) < 4.78 is 13.8. The molecule has 0 bridgehead atoms. The second-order valence-electron chi connectivity index (χ2n) is 4.90. The average molecular weight is 329 g/mol. The topological polar surface area (TPSA) is 28.7 Å². The normalized spacial score (nSPS) is 11.2. The van der Waals surface area contributed by atoms with Gasteiger partial charge in [0.15, 0.2) is 0 Å². The molecule has 0 saturated heterocycles. The lowest BCUT2D eigenvalue weighted by Gasteiger charge is -2.07. The van der Waals surface area contributed by atoms with Crippen molar-refractivity contribution in [3.63, 3.8) is 0 Å². The molecule has 4 rings (SSSR count). The van der Waals surface area contributed by atoms with Crippen LogP contribution >= 0.6 is 22.9 Å². The molecule has 0 radical (unpaired) electrons. The van der Waals surface area contributed by atoms with Crippen molar-refractivity contribution in [3.8, 4) is 22.3 Å². The van der Waals surface area contributed by atoms with Gasteiger partial charge in [0, 0.05) is 28.9 Å². The highest BCUT2D eigenvalue weighted by atomic mass is 35.5. The number of thiophene rings is 1. The Hall–Kier alpha value is -2.17. The van der Waals surface area contributed by atoms with Gasteiger partial charge in [0.05, 0.1) is 5.02 Å². The van der Waals surface area contributed by atoms with Crippen molar-refractivity contribution in [3.05, 3.63) is 64.3 Å². The summed E-state index contributed by atoms with van der Waals surface area (Å²) in [7, 11) is 0. The Bertz CT molecular complexity index is 960. The largest absolute Gasteiger partial charge is 0.345 e. The molecule has 0 spiro atoms. The lowest BCUT2D eigenvalue weighted by Crippen LogP contribution is -1.85. The van der Waals surface area contributed by atoms with Crippen molar-refractivity contribution >= 4 is 34.0 Å². The highest BCUT2D eigenvalue weighted by Crippen LogP contribution is 2.39. The minimum absolute atomic E-state index is 0.128. The molecule has 2 nitrogen and oxygen atoms in total. The lowest BCUT2D eigenvalue weighted by atomic mass is 9.99. The fourth-order valence-corrected chi connectivity index (χ4v) is 3.52. The second-order valence-corrected chi connectivity index (χ2v) is 6.06. The molecule has 4 aromatic rings. The van der Waals surface area contributed by atoms with Crippen LogP contribution in [0.1, 0.15) is 0 Å². The van der Waals surface area contributed by atoms with E-state index in [2.05, 4.69) is 21.4 Å². The van der Waals surface area contributed by atoms with Crippen LogP contribution in [0.25, 0.3) is 33.3 Å². The summed E-state index contributed by atoms with van der Waals surface area (Å²) in [4.78, 5) is 7.51. The standard InChI is InChI=1S/C17H10ClFN2S/c18-16-12(2-1-3-14(16)19)13-8-21-17-15(13)11(4-6-20-17)10-5-7-22-9-10/h1-9H,(H,20,21). The van der Waals surface area contributed by atoms with Crippen LogP contribution in [0, 0.1) is 5.82 Å². The average Bonchev–Trinajstić information content (AvgIpc) is 3.19. The van der Waals surface area contributed by atoms with E-state index < -0.39 is 5.82 Å². The van der Waals surface area contributed by atoms with Crippen LogP contribution in [0.5, 0.6) is 0 Å². The first-order valence-electron chi connectivity index (χ1n) is 6.69. The van der Waals surface area contributed by atoms with Crippen LogP contribution in [0.2, 0.25) is 5.02 Å². The van der Waals surface area contributed by atoms with Gasteiger partial charge in [-0.3, -0.25) is 0 Å². The molecule has 0 aliphatic heterocycles. The van der Waals surface area contributed by atoms with Crippen molar-refractivity contribution < 1.29 is 4.39 Å². The molecule has 0 unspecified atom stereocenters. The Balaban J connectivity index is 2.06. The molecule has 0 amide bonds. The van der Waals surface area contributed by atoms with E-state index in [4.69, 9.17) is 11.6 Å². The van der Waals surface area contributed by atoms with Crippen LogP contribution < -0.4 is 0 Å². The summed E-state index contributed by atoms with van der Waals surface area (Å²) in [6.07, 6.45) is 3.59. The van der Waals surface area contributed by atoms with Crippen LogP contribution in [0.4, 0.5) is 4.39 Å². The predicted molar refractivity (Wildman–Crippen MR) is 89.8 cm³/mol. The van der Waals surface area contributed by atoms with Crippen molar-refractivity contribution in [1.29, 1.82) is 0 Å². The Morgan fingerprint density at radius 1 is 1.09 bits per heavy atom. The number of pyridine rings is 1. The van der Waals surface area contributed by atoms with Gasteiger partial charge in [0.1, 0.15) is 11.5 Å². The van der Waals surface area contributed by atoms with Gasteiger partial charge < -0.3 is 4.98 Å². The summed E-state index contributed by atoms with van der Waals surface area (Å²) in [6, 6.07) is 8.87. The number of rotatable bonds is 2. The van der Waals surface area contributed by atoms with E-state index in [0.717, 1.165) is 27.7 Å². The quantitative estimate of drug-likeness (QED) is 0.498. The fourth-order valence-electron chi connectivity index (χ4n) is 2.64. The fraction of sp³-hybridized carbons (Fsp3) is 0. The number of aromatic amines is 1. The van der Waals surface area contributed by atoms with Crippen LogP contribution in [0.15, 0.2) is 53.5 Å². The molecule has 108 valence electrons. The molecule has 0 aliphatic rings. The third-order valence-electron chi connectivity index (χ3n) is 3.65. The predicted octanol–water partition coefficient (Wildman–Crippen LogP) is 5.75. The van der Waals surface area contributed by atoms with E-state index in [1.807, 2.05) is 23.7 Å². The maximum Gasteiger partial charge on any atom is 0.142 e. The number of fused-ring (bicyclic) bond motifs is 1. The van der Waals surface area contributed by atoms with Gasteiger partial charge in [-0.05, 0) is 40.1 Å². The van der Waals surface area contributed by atoms with E-state index in [1.165, 1.54) is 6.07 Å². The molecule has 1 N–H and O–H groups in total. The van der Waals surface area contributed by atoms with Crippen LogP contribution in [0.3, 0.4) is 0 Å². The van der Waals surface area contributed by atoms with Crippen molar-refractivity contribution in [2.24, 2.45) is 0 Å². The lowest BCUT2D eigenvalue weighted by molar-refractivity contribution is 0.629. The summed E-state index contributed by atoms with van der Waals surface area (Å²) in [6.45, 7) is 0. The highest BCUT2D eigenvalue weighted by Gasteiger charge is 2.16. The zero-order valence-corrected chi connectivity index (χ0v) is 12.9. The molecule has 0 saturated carbocycles. The minimum atomic E-state index is -0.422. The van der Waals surface area contributed by atoms with Crippen molar-refractivity contribution in [2.45, 2.75) is 0 Å². The second kappa shape index (κ2) is 5.23. The van der Waals surface area contributed by atoms with Crippen LogP contribution in [-0.4, -0.2) is 9.97 Å². The number of aromatic nitrogens is 2. The van der Waals surface area contributed by atoms with Gasteiger partial charge in [-0.25, -0.2) is 9.37 Å². The summed E-state index contributed by atoms with van der Waals surface area (Å²) in [5.41, 5.74) is 4.46. The van der Waals surface area contributed by atoms with E-state index in [9.17, 15) is 4.39 Å². The molecule has 1 aromatic carbocycles. The Morgan fingerprint density at radius 3 is 2.82 bits per heavy atom. The Labute approximate surface area is 135 Å².